The summed E-state index contributed by atoms with van der Waals surface area (Å²) >= 11 is 0. The summed E-state index contributed by atoms with van der Waals surface area (Å²) in [4.78, 5) is 36.6. The van der Waals surface area contributed by atoms with Gasteiger partial charge in [0.05, 0.1) is 18.1 Å². The molecule has 0 aliphatic carbocycles. The Bertz CT molecular complexity index is 1010. The number of methoxy groups -OCH3 is 1. The molecule has 144 valence electrons. The minimum atomic E-state index is -0.665. The van der Waals surface area contributed by atoms with Crippen molar-refractivity contribution in [1.29, 1.82) is 0 Å². The number of aromatic nitrogens is 1. The molecular weight excluding hydrogens is 364 g/mol. The van der Waals surface area contributed by atoms with Crippen LogP contribution in [0.4, 0.5) is 0 Å². The number of nitrogens with zero attached hydrogens (tertiary/aromatic N) is 2. The lowest BCUT2D eigenvalue weighted by atomic mass is 10.1. The van der Waals surface area contributed by atoms with Gasteiger partial charge in [-0.25, -0.2) is 4.79 Å². The standard InChI is InChI=1S/C20H18N2O6/c1-22(11-18(24)26-2)17(23)12-27-20(25)14-8-9-16-15(10-14)19(28-21-16)13-6-4-3-5-7-13/h3-10H,11-12H2,1-2H3. The zero-order chi connectivity index (χ0) is 20.1. The first kappa shape index (κ1) is 19.1. The second-order valence-corrected chi connectivity index (χ2v) is 6.01. The molecule has 0 atom stereocenters. The summed E-state index contributed by atoms with van der Waals surface area (Å²) in [6, 6.07) is 14.2. The highest BCUT2D eigenvalue weighted by atomic mass is 16.5. The van der Waals surface area contributed by atoms with Crippen LogP contribution in [0.15, 0.2) is 53.1 Å². The van der Waals surface area contributed by atoms with Crippen molar-refractivity contribution in [2.24, 2.45) is 0 Å². The summed E-state index contributed by atoms with van der Waals surface area (Å²) < 4.78 is 15.0. The smallest absolute Gasteiger partial charge is 0.338 e. The molecule has 0 N–H and O–H groups in total. The molecule has 28 heavy (non-hydrogen) atoms. The van der Waals surface area contributed by atoms with Crippen LogP contribution in [0.2, 0.25) is 0 Å². The van der Waals surface area contributed by atoms with Crippen molar-refractivity contribution in [2.75, 3.05) is 27.3 Å². The Hall–Kier alpha value is -3.68. The Labute approximate surface area is 160 Å². The van der Waals surface area contributed by atoms with Crippen LogP contribution in [0.5, 0.6) is 0 Å². The number of hydrogen-bond donors (Lipinski definition) is 0. The second kappa shape index (κ2) is 8.34. The SMILES string of the molecule is COC(=O)CN(C)C(=O)COC(=O)c1ccc2noc(-c3ccccc3)c2c1. The zero-order valence-electron chi connectivity index (χ0n) is 15.4. The fourth-order valence-electron chi connectivity index (χ4n) is 2.53. The third-order valence-corrected chi connectivity index (χ3v) is 4.09. The zero-order valence-corrected chi connectivity index (χ0v) is 15.4. The van der Waals surface area contributed by atoms with Crippen molar-refractivity contribution >= 4 is 28.7 Å². The molecule has 0 aliphatic rings. The van der Waals surface area contributed by atoms with Crippen LogP contribution in [-0.4, -0.2) is 55.2 Å². The molecule has 1 aromatic heterocycles. The van der Waals surface area contributed by atoms with E-state index in [1.807, 2.05) is 30.3 Å². The lowest BCUT2D eigenvalue weighted by Gasteiger charge is -2.15. The molecule has 3 rings (SSSR count). The van der Waals surface area contributed by atoms with E-state index in [9.17, 15) is 14.4 Å². The Morgan fingerprint density at radius 2 is 1.86 bits per heavy atom. The van der Waals surface area contributed by atoms with E-state index in [0.717, 1.165) is 10.5 Å². The van der Waals surface area contributed by atoms with E-state index in [1.54, 1.807) is 18.2 Å². The molecule has 3 aromatic rings. The fraction of sp³-hybridized carbons (Fsp3) is 0.200. The van der Waals surface area contributed by atoms with Gasteiger partial charge in [0.25, 0.3) is 5.91 Å². The van der Waals surface area contributed by atoms with E-state index in [-0.39, 0.29) is 12.1 Å². The van der Waals surface area contributed by atoms with Crippen LogP contribution >= 0.6 is 0 Å². The highest BCUT2D eigenvalue weighted by molar-refractivity contribution is 5.99. The third kappa shape index (κ3) is 4.17. The molecule has 2 aromatic carbocycles. The highest BCUT2D eigenvalue weighted by Gasteiger charge is 2.18. The van der Waals surface area contributed by atoms with E-state index in [2.05, 4.69) is 9.89 Å². The van der Waals surface area contributed by atoms with E-state index < -0.39 is 24.5 Å². The topological polar surface area (TPSA) is 98.9 Å². The maximum absolute atomic E-state index is 12.3. The van der Waals surface area contributed by atoms with Crippen molar-refractivity contribution in [1.82, 2.24) is 10.1 Å². The molecule has 0 aliphatic heterocycles. The lowest BCUT2D eigenvalue weighted by molar-refractivity contribution is -0.147. The van der Waals surface area contributed by atoms with Crippen molar-refractivity contribution in [3.05, 3.63) is 54.1 Å². The van der Waals surface area contributed by atoms with Crippen LogP contribution < -0.4 is 0 Å². The molecule has 0 spiro atoms. The van der Waals surface area contributed by atoms with E-state index in [1.165, 1.54) is 14.2 Å². The maximum Gasteiger partial charge on any atom is 0.338 e. The summed E-state index contributed by atoms with van der Waals surface area (Å²) in [5, 5.41) is 4.66. The Balaban J connectivity index is 1.72. The van der Waals surface area contributed by atoms with Crippen LogP contribution in [0.25, 0.3) is 22.2 Å². The molecule has 0 fully saturated rings. The van der Waals surface area contributed by atoms with Crippen molar-refractivity contribution < 1.29 is 28.4 Å². The number of carbonyl (C=O) groups excluding carboxylic acids is 3. The van der Waals surface area contributed by atoms with E-state index in [0.29, 0.717) is 16.7 Å². The maximum atomic E-state index is 12.3. The second-order valence-electron chi connectivity index (χ2n) is 6.01. The average Bonchev–Trinajstić information content (AvgIpc) is 3.15. The molecule has 0 saturated carbocycles. The molecule has 0 saturated heterocycles. The summed E-state index contributed by atoms with van der Waals surface area (Å²) in [5.41, 5.74) is 1.69. The van der Waals surface area contributed by atoms with Crippen LogP contribution in [-0.2, 0) is 19.1 Å². The predicted octanol–water partition coefficient (Wildman–Crippen LogP) is 2.28. The molecule has 0 bridgehead atoms. The number of hydrogen-bond acceptors (Lipinski definition) is 7. The van der Waals surface area contributed by atoms with Gasteiger partial charge in [0.2, 0.25) is 0 Å². The van der Waals surface area contributed by atoms with Crippen LogP contribution in [0.1, 0.15) is 10.4 Å². The summed E-state index contributed by atoms with van der Waals surface area (Å²) in [5.74, 6) is -1.20. The normalized spacial score (nSPS) is 10.5. The molecule has 0 radical (unpaired) electrons. The van der Waals surface area contributed by atoms with Gasteiger partial charge in [0.15, 0.2) is 12.4 Å². The Morgan fingerprint density at radius 1 is 1.11 bits per heavy atom. The molecule has 0 unspecified atom stereocenters. The third-order valence-electron chi connectivity index (χ3n) is 4.09. The van der Waals surface area contributed by atoms with Gasteiger partial charge in [-0.05, 0) is 18.2 Å². The summed E-state index contributed by atoms with van der Waals surface area (Å²) in [6.45, 7) is -0.709. The number of fused-ring (bicyclic) bond motifs is 1. The number of amides is 1. The monoisotopic (exact) mass is 382 g/mol. The Kier molecular flexibility index (Phi) is 5.69. The van der Waals surface area contributed by atoms with Crippen molar-refractivity contribution in [3.8, 4) is 11.3 Å². The number of ether oxygens (including phenoxy) is 2. The molecule has 1 amide bonds. The summed E-state index contributed by atoms with van der Waals surface area (Å²) in [7, 11) is 2.65. The van der Waals surface area contributed by atoms with Crippen LogP contribution in [0, 0.1) is 0 Å². The Morgan fingerprint density at radius 3 is 2.57 bits per heavy atom. The van der Waals surface area contributed by atoms with Gasteiger partial charge in [-0.15, -0.1) is 0 Å². The van der Waals surface area contributed by atoms with Gasteiger partial charge in [-0.2, -0.15) is 0 Å². The number of benzene rings is 2. The number of esters is 2. The first-order valence-electron chi connectivity index (χ1n) is 8.42. The molecule has 8 nitrogen and oxygen atoms in total. The van der Waals surface area contributed by atoms with Gasteiger partial charge < -0.3 is 18.9 Å². The van der Waals surface area contributed by atoms with Crippen LogP contribution in [0.3, 0.4) is 0 Å². The lowest BCUT2D eigenvalue weighted by Crippen LogP contribution is -2.35. The quantitative estimate of drug-likeness (QED) is 0.603. The minimum Gasteiger partial charge on any atom is -0.468 e. The molecular formula is C20H18N2O6. The highest BCUT2D eigenvalue weighted by Crippen LogP contribution is 2.29. The largest absolute Gasteiger partial charge is 0.468 e. The van der Waals surface area contributed by atoms with Gasteiger partial charge in [0, 0.05) is 12.6 Å². The van der Waals surface area contributed by atoms with Gasteiger partial charge >= 0.3 is 11.9 Å². The number of rotatable bonds is 6. The van der Waals surface area contributed by atoms with E-state index in [4.69, 9.17) is 9.26 Å². The molecule has 1 heterocycles. The average molecular weight is 382 g/mol. The predicted molar refractivity (Wildman–Crippen MR) is 99.4 cm³/mol. The minimum absolute atomic E-state index is 0.222. The first-order chi connectivity index (χ1) is 13.5. The van der Waals surface area contributed by atoms with Crippen molar-refractivity contribution in [2.45, 2.75) is 0 Å². The van der Waals surface area contributed by atoms with Crippen molar-refractivity contribution in [3.63, 3.8) is 0 Å². The van der Waals surface area contributed by atoms with Gasteiger partial charge in [0.1, 0.15) is 12.1 Å². The molecule has 8 heteroatoms. The van der Waals surface area contributed by atoms with E-state index >= 15 is 0 Å². The van der Waals surface area contributed by atoms with Gasteiger partial charge in [-0.3, -0.25) is 9.59 Å². The van der Waals surface area contributed by atoms with Gasteiger partial charge in [-0.1, -0.05) is 35.5 Å². The number of carbonyl (C=O) groups is 3. The number of likely N-dealkylation sites (N-methyl/N-ethyl adjacent to an activating group) is 1. The first-order valence-corrected chi connectivity index (χ1v) is 8.42. The fourth-order valence-corrected chi connectivity index (χ4v) is 2.53. The summed E-state index contributed by atoms with van der Waals surface area (Å²) in [6.07, 6.45) is 0.